The fourth-order valence-electron chi connectivity index (χ4n) is 2.13. The van der Waals surface area contributed by atoms with Crippen molar-refractivity contribution in [3.05, 3.63) is 0 Å². The van der Waals surface area contributed by atoms with Gasteiger partial charge in [0, 0.05) is 19.0 Å². The molecule has 0 saturated carbocycles. The number of hydrogen-bond donors (Lipinski definition) is 2. The molecule has 3 N–H and O–H groups in total. The highest BCUT2D eigenvalue weighted by Crippen LogP contribution is 2.15. The van der Waals surface area contributed by atoms with Gasteiger partial charge in [-0.1, -0.05) is 6.92 Å². The summed E-state index contributed by atoms with van der Waals surface area (Å²) in [5.41, 5.74) is 5.35. The van der Waals surface area contributed by atoms with E-state index < -0.39 is 0 Å². The van der Waals surface area contributed by atoms with Gasteiger partial charge < -0.3 is 11.1 Å². The smallest absolute Gasteiger partial charge is 0.220 e. The summed E-state index contributed by atoms with van der Waals surface area (Å²) < 4.78 is 0. The fraction of sp³-hybridized carbons (Fsp3) is 0.909. The molecule has 1 aliphatic heterocycles. The molecule has 15 heavy (non-hydrogen) atoms. The maximum Gasteiger partial charge on any atom is 0.220 e. The molecule has 1 aliphatic rings. The molecule has 1 saturated heterocycles. The Morgan fingerprint density at radius 1 is 1.60 bits per heavy atom. The minimum absolute atomic E-state index is 0.142. The predicted molar refractivity (Wildman–Crippen MR) is 61.6 cm³/mol. The van der Waals surface area contributed by atoms with E-state index in [4.69, 9.17) is 5.73 Å². The summed E-state index contributed by atoms with van der Waals surface area (Å²) in [6, 6.07) is 0.553. The van der Waals surface area contributed by atoms with E-state index in [0.29, 0.717) is 19.0 Å². The summed E-state index contributed by atoms with van der Waals surface area (Å²) >= 11 is 0. The van der Waals surface area contributed by atoms with Gasteiger partial charge in [-0.05, 0) is 38.9 Å². The summed E-state index contributed by atoms with van der Waals surface area (Å²) in [5, 5.41) is 2.99. The number of nitrogens with one attached hydrogen (secondary N) is 1. The maximum absolute atomic E-state index is 11.4. The third-order valence-electron chi connectivity index (χ3n) is 3.05. The first-order valence-electron chi connectivity index (χ1n) is 5.98. The molecule has 88 valence electrons. The summed E-state index contributed by atoms with van der Waals surface area (Å²) in [4.78, 5) is 13.8. The van der Waals surface area contributed by atoms with Crippen LogP contribution in [0.3, 0.4) is 0 Å². The zero-order chi connectivity index (χ0) is 11.1. The van der Waals surface area contributed by atoms with Crippen molar-refractivity contribution < 1.29 is 4.79 Å². The number of likely N-dealkylation sites (N-methyl/N-ethyl adjacent to an activating group) is 1. The number of carbonyl (C=O) groups excluding carboxylic acids is 1. The standard InChI is InChI=1S/C11H23N3O/c1-2-14-8-4-5-10(14)9-13-11(15)6-3-7-12/h10H,2-9,12H2,1H3,(H,13,15). The van der Waals surface area contributed by atoms with Crippen LogP contribution in [-0.4, -0.2) is 43.0 Å². The Hall–Kier alpha value is -0.610. The van der Waals surface area contributed by atoms with Crippen molar-refractivity contribution >= 4 is 5.91 Å². The van der Waals surface area contributed by atoms with Crippen molar-refractivity contribution in [1.29, 1.82) is 0 Å². The Balaban J connectivity index is 2.15. The lowest BCUT2D eigenvalue weighted by Crippen LogP contribution is -2.40. The van der Waals surface area contributed by atoms with E-state index in [9.17, 15) is 4.79 Å². The summed E-state index contributed by atoms with van der Waals surface area (Å²) in [6.07, 6.45) is 3.82. The Bertz CT molecular complexity index is 196. The van der Waals surface area contributed by atoms with Gasteiger partial charge in [-0.3, -0.25) is 9.69 Å². The van der Waals surface area contributed by atoms with Crippen LogP contribution in [0.2, 0.25) is 0 Å². The highest BCUT2D eigenvalue weighted by Gasteiger charge is 2.22. The van der Waals surface area contributed by atoms with Crippen LogP contribution in [0.4, 0.5) is 0 Å². The van der Waals surface area contributed by atoms with Gasteiger partial charge >= 0.3 is 0 Å². The summed E-state index contributed by atoms with van der Waals surface area (Å²) in [7, 11) is 0. The van der Waals surface area contributed by atoms with Crippen LogP contribution in [0, 0.1) is 0 Å². The molecule has 0 spiro atoms. The van der Waals surface area contributed by atoms with Crippen LogP contribution in [0.25, 0.3) is 0 Å². The lowest BCUT2D eigenvalue weighted by Gasteiger charge is -2.22. The maximum atomic E-state index is 11.4. The number of hydrogen-bond acceptors (Lipinski definition) is 3. The number of likely N-dealkylation sites (tertiary alicyclic amines) is 1. The molecule has 1 atom stereocenters. The quantitative estimate of drug-likeness (QED) is 0.668. The molecule has 4 heteroatoms. The minimum atomic E-state index is 0.142. The van der Waals surface area contributed by atoms with Gasteiger partial charge in [0.05, 0.1) is 0 Å². The predicted octanol–water partition coefficient (Wildman–Crippen LogP) is 0.326. The van der Waals surface area contributed by atoms with Crippen LogP contribution < -0.4 is 11.1 Å². The molecule has 1 heterocycles. The van der Waals surface area contributed by atoms with E-state index >= 15 is 0 Å². The first-order valence-corrected chi connectivity index (χ1v) is 5.98. The zero-order valence-electron chi connectivity index (χ0n) is 9.67. The van der Waals surface area contributed by atoms with Gasteiger partial charge in [0.1, 0.15) is 0 Å². The van der Waals surface area contributed by atoms with Crippen LogP contribution in [0.1, 0.15) is 32.6 Å². The molecule has 0 aromatic heterocycles. The van der Waals surface area contributed by atoms with Crippen molar-refractivity contribution in [2.75, 3.05) is 26.2 Å². The third kappa shape index (κ3) is 4.18. The lowest BCUT2D eigenvalue weighted by molar-refractivity contribution is -0.121. The van der Waals surface area contributed by atoms with Crippen molar-refractivity contribution in [2.45, 2.75) is 38.6 Å². The monoisotopic (exact) mass is 213 g/mol. The highest BCUT2D eigenvalue weighted by molar-refractivity contribution is 5.75. The number of carbonyl (C=O) groups is 1. The zero-order valence-corrected chi connectivity index (χ0v) is 9.67. The summed E-state index contributed by atoms with van der Waals surface area (Å²) in [5.74, 6) is 0.142. The Morgan fingerprint density at radius 2 is 2.40 bits per heavy atom. The second kappa shape index (κ2) is 6.80. The molecule has 4 nitrogen and oxygen atoms in total. The largest absolute Gasteiger partial charge is 0.355 e. The molecule has 0 aromatic rings. The first-order chi connectivity index (χ1) is 7.27. The van der Waals surface area contributed by atoms with Crippen LogP contribution >= 0.6 is 0 Å². The normalized spacial score (nSPS) is 21.9. The number of nitrogens with zero attached hydrogens (tertiary/aromatic N) is 1. The van der Waals surface area contributed by atoms with Crippen LogP contribution in [0.15, 0.2) is 0 Å². The van der Waals surface area contributed by atoms with Gasteiger partial charge in [0.15, 0.2) is 0 Å². The molecular formula is C11H23N3O. The van der Waals surface area contributed by atoms with E-state index in [1.807, 2.05) is 0 Å². The average Bonchev–Trinajstić information content (AvgIpc) is 2.70. The molecule has 0 bridgehead atoms. The minimum Gasteiger partial charge on any atom is -0.355 e. The van der Waals surface area contributed by atoms with Crippen LogP contribution in [-0.2, 0) is 4.79 Å². The van der Waals surface area contributed by atoms with Crippen molar-refractivity contribution in [3.8, 4) is 0 Å². The van der Waals surface area contributed by atoms with E-state index in [1.54, 1.807) is 0 Å². The van der Waals surface area contributed by atoms with E-state index in [0.717, 1.165) is 19.5 Å². The van der Waals surface area contributed by atoms with Gasteiger partial charge in [-0.15, -0.1) is 0 Å². The molecule has 1 fully saturated rings. The van der Waals surface area contributed by atoms with Gasteiger partial charge in [0.2, 0.25) is 5.91 Å². The van der Waals surface area contributed by atoms with Gasteiger partial charge in [-0.25, -0.2) is 0 Å². The van der Waals surface area contributed by atoms with Gasteiger partial charge in [-0.2, -0.15) is 0 Å². The Labute approximate surface area is 92.2 Å². The second-order valence-corrected chi connectivity index (χ2v) is 4.12. The number of rotatable bonds is 6. The first kappa shape index (κ1) is 12.5. The van der Waals surface area contributed by atoms with Crippen molar-refractivity contribution in [2.24, 2.45) is 5.73 Å². The molecule has 0 aromatic carbocycles. The van der Waals surface area contributed by atoms with E-state index in [1.165, 1.54) is 19.4 Å². The van der Waals surface area contributed by atoms with Gasteiger partial charge in [0.25, 0.3) is 0 Å². The van der Waals surface area contributed by atoms with Crippen LogP contribution in [0.5, 0.6) is 0 Å². The Morgan fingerprint density at radius 3 is 3.07 bits per heavy atom. The van der Waals surface area contributed by atoms with E-state index in [2.05, 4.69) is 17.1 Å². The fourth-order valence-corrected chi connectivity index (χ4v) is 2.13. The molecule has 1 amide bonds. The average molecular weight is 213 g/mol. The molecule has 1 rings (SSSR count). The van der Waals surface area contributed by atoms with E-state index in [-0.39, 0.29) is 5.91 Å². The molecule has 0 radical (unpaired) electrons. The topological polar surface area (TPSA) is 58.4 Å². The number of amides is 1. The highest BCUT2D eigenvalue weighted by atomic mass is 16.1. The number of nitrogens with two attached hydrogens (primary N) is 1. The SMILES string of the molecule is CCN1CCCC1CNC(=O)CCCN. The molecule has 1 unspecified atom stereocenters. The second-order valence-electron chi connectivity index (χ2n) is 4.12. The van der Waals surface area contributed by atoms with Crippen molar-refractivity contribution in [3.63, 3.8) is 0 Å². The Kier molecular flexibility index (Phi) is 5.65. The van der Waals surface area contributed by atoms with Crippen molar-refractivity contribution in [1.82, 2.24) is 10.2 Å². The summed E-state index contributed by atoms with van der Waals surface area (Å²) in [6.45, 7) is 5.84. The molecule has 0 aliphatic carbocycles. The molecular weight excluding hydrogens is 190 g/mol. The third-order valence-corrected chi connectivity index (χ3v) is 3.05. The lowest BCUT2D eigenvalue weighted by atomic mass is 10.2.